The number of carbonyl (C=O) groups excluding carboxylic acids is 1. The van der Waals surface area contributed by atoms with Crippen molar-refractivity contribution in [1.29, 1.82) is 0 Å². The number of nitrogens with zero attached hydrogens (tertiary/aromatic N) is 3. The lowest BCUT2D eigenvalue weighted by atomic mass is 10.1. The molecule has 0 spiro atoms. The highest BCUT2D eigenvalue weighted by Gasteiger charge is 2.32. The van der Waals surface area contributed by atoms with Crippen LogP contribution in [0.15, 0.2) is 30.5 Å². The minimum absolute atomic E-state index is 0.259. The van der Waals surface area contributed by atoms with Gasteiger partial charge in [-0.15, -0.1) is 0 Å². The molecular weight excluding hydrogens is 272 g/mol. The van der Waals surface area contributed by atoms with Crippen molar-refractivity contribution in [2.24, 2.45) is 5.73 Å². The Hall–Kier alpha value is -2.38. The van der Waals surface area contributed by atoms with Crippen LogP contribution in [0.2, 0.25) is 0 Å². The number of fused-ring (bicyclic) bond motifs is 1. The van der Waals surface area contributed by atoms with Crippen LogP contribution in [0.5, 0.6) is 5.75 Å². The molecule has 1 atom stereocenters. The molecule has 2 aromatic rings. The number of methoxy groups -OCH3 is 1. The smallest absolute Gasteiger partial charge is 0.269 e. The highest BCUT2D eigenvalue weighted by molar-refractivity contribution is 5.97. The van der Waals surface area contributed by atoms with Gasteiger partial charge in [0, 0.05) is 18.2 Å². The van der Waals surface area contributed by atoms with Gasteiger partial charge in [-0.1, -0.05) is 12.1 Å². The first kappa shape index (κ1) is 13.6. The normalized spacial score (nSPS) is 17.8. The lowest BCUT2D eigenvalue weighted by molar-refractivity contribution is -0.125. The number of hydrogen-bond donors (Lipinski definition) is 2. The van der Waals surface area contributed by atoms with E-state index in [1.165, 1.54) is 0 Å². The predicted octanol–water partition coefficient (Wildman–Crippen LogP) is 0.546. The third-order valence-electron chi connectivity index (χ3n) is 3.49. The highest BCUT2D eigenvalue weighted by Crippen LogP contribution is 2.24. The molecule has 21 heavy (non-hydrogen) atoms. The van der Waals surface area contributed by atoms with Gasteiger partial charge < -0.3 is 10.5 Å². The first-order chi connectivity index (χ1) is 10.1. The average Bonchev–Trinajstić information content (AvgIpc) is 2.88. The molecule has 1 aliphatic heterocycles. The van der Waals surface area contributed by atoms with E-state index in [9.17, 15) is 10.0 Å². The van der Waals surface area contributed by atoms with Crippen molar-refractivity contribution in [2.75, 3.05) is 12.2 Å². The molecule has 1 aromatic heterocycles. The summed E-state index contributed by atoms with van der Waals surface area (Å²) in [5.74, 6) is 0.518. The molecular formula is C14H16N4O3. The van der Waals surface area contributed by atoms with Gasteiger partial charge in [0.05, 0.1) is 19.7 Å². The molecule has 0 unspecified atom stereocenters. The van der Waals surface area contributed by atoms with Crippen LogP contribution in [-0.2, 0) is 17.8 Å². The Morgan fingerprint density at radius 2 is 2.14 bits per heavy atom. The average molecular weight is 288 g/mol. The molecule has 7 heteroatoms. The fourth-order valence-corrected chi connectivity index (χ4v) is 2.36. The SMILES string of the molecule is COc1ccc(Cn2cc3c(n2)N(O)C(=O)[C@@H](N)C3)cc1. The van der Waals surface area contributed by atoms with Crippen LogP contribution < -0.4 is 15.5 Å². The first-order valence-electron chi connectivity index (χ1n) is 6.56. The molecule has 0 saturated carbocycles. The summed E-state index contributed by atoms with van der Waals surface area (Å²) in [4.78, 5) is 11.6. The summed E-state index contributed by atoms with van der Waals surface area (Å²) in [5.41, 5.74) is 7.48. The number of aromatic nitrogens is 2. The van der Waals surface area contributed by atoms with E-state index in [1.54, 1.807) is 18.0 Å². The molecule has 1 aromatic carbocycles. The largest absolute Gasteiger partial charge is 0.497 e. The van der Waals surface area contributed by atoms with Gasteiger partial charge in [-0.25, -0.2) is 0 Å². The summed E-state index contributed by atoms with van der Waals surface area (Å²) in [5, 5.41) is 14.5. The van der Waals surface area contributed by atoms with Crippen molar-refractivity contribution in [3.8, 4) is 5.75 Å². The molecule has 2 heterocycles. The summed E-state index contributed by atoms with van der Waals surface area (Å²) in [6.07, 6.45) is 2.18. The number of nitrogens with two attached hydrogens (primary N) is 1. The number of carbonyl (C=O) groups is 1. The molecule has 1 amide bonds. The monoisotopic (exact) mass is 288 g/mol. The maximum absolute atomic E-state index is 11.6. The van der Waals surface area contributed by atoms with Crippen LogP contribution in [0, 0.1) is 0 Å². The van der Waals surface area contributed by atoms with Crippen LogP contribution >= 0.6 is 0 Å². The second kappa shape index (κ2) is 5.19. The van der Waals surface area contributed by atoms with Gasteiger partial charge in [0.15, 0.2) is 5.82 Å². The molecule has 110 valence electrons. The molecule has 7 nitrogen and oxygen atoms in total. The van der Waals surface area contributed by atoms with E-state index in [0.717, 1.165) is 16.9 Å². The number of rotatable bonds is 3. The summed E-state index contributed by atoms with van der Waals surface area (Å²) in [6.45, 7) is 0.536. The maximum Gasteiger partial charge on any atom is 0.269 e. The van der Waals surface area contributed by atoms with Crippen molar-refractivity contribution in [1.82, 2.24) is 9.78 Å². The summed E-state index contributed by atoms with van der Waals surface area (Å²) in [7, 11) is 1.62. The van der Waals surface area contributed by atoms with Crippen molar-refractivity contribution >= 4 is 11.7 Å². The lowest BCUT2D eigenvalue weighted by Gasteiger charge is -2.22. The second-order valence-electron chi connectivity index (χ2n) is 4.98. The minimum Gasteiger partial charge on any atom is -0.497 e. The van der Waals surface area contributed by atoms with E-state index >= 15 is 0 Å². The Labute approximate surface area is 121 Å². The summed E-state index contributed by atoms with van der Waals surface area (Å²) in [6, 6.07) is 6.90. The van der Waals surface area contributed by atoms with Crippen molar-refractivity contribution in [3.05, 3.63) is 41.6 Å². The van der Waals surface area contributed by atoms with Gasteiger partial charge >= 0.3 is 0 Å². The number of amides is 1. The van der Waals surface area contributed by atoms with Gasteiger partial charge in [0.2, 0.25) is 0 Å². The Morgan fingerprint density at radius 1 is 1.43 bits per heavy atom. The Balaban J connectivity index is 1.83. The van der Waals surface area contributed by atoms with Gasteiger partial charge in [-0.2, -0.15) is 10.2 Å². The van der Waals surface area contributed by atoms with E-state index in [-0.39, 0.29) is 5.82 Å². The molecule has 0 saturated heterocycles. The van der Waals surface area contributed by atoms with Crippen LogP contribution in [0.1, 0.15) is 11.1 Å². The zero-order chi connectivity index (χ0) is 15.0. The van der Waals surface area contributed by atoms with E-state index in [2.05, 4.69) is 5.10 Å². The highest BCUT2D eigenvalue weighted by atomic mass is 16.5. The first-order valence-corrected chi connectivity index (χ1v) is 6.56. The minimum atomic E-state index is -0.721. The third-order valence-corrected chi connectivity index (χ3v) is 3.49. The van der Waals surface area contributed by atoms with Crippen molar-refractivity contribution in [3.63, 3.8) is 0 Å². The Bertz CT molecular complexity index is 665. The third kappa shape index (κ3) is 2.48. The summed E-state index contributed by atoms with van der Waals surface area (Å²) >= 11 is 0. The topological polar surface area (TPSA) is 93.6 Å². The van der Waals surface area contributed by atoms with E-state index in [4.69, 9.17) is 10.5 Å². The van der Waals surface area contributed by atoms with Gasteiger partial charge in [0.1, 0.15) is 5.75 Å². The molecule has 0 radical (unpaired) electrons. The van der Waals surface area contributed by atoms with E-state index < -0.39 is 11.9 Å². The van der Waals surface area contributed by atoms with Gasteiger partial charge in [0.25, 0.3) is 5.91 Å². The van der Waals surface area contributed by atoms with Gasteiger partial charge in [-0.3, -0.25) is 14.7 Å². The Morgan fingerprint density at radius 3 is 2.81 bits per heavy atom. The number of ether oxygens (including phenoxy) is 1. The van der Waals surface area contributed by atoms with Crippen molar-refractivity contribution < 1.29 is 14.7 Å². The lowest BCUT2D eigenvalue weighted by Crippen LogP contribution is -2.47. The van der Waals surface area contributed by atoms with Crippen LogP contribution in [-0.4, -0.2) is 34.0 Å². The molecule has 3 N–H and O–H groups in total. The zero-order valence-corrected chi connectivity index (χ0v) is 11.6. The van der Waals surface area contributed by atoms with Crippen LogP contribution in [0.4, 0.5) is 5.82 Å². The second-order valence-corrected chi connectivity index (χ2v) is 4.98. The number of hydroxylamine groups is 1. The number of benzene rings is 1. The maximum atomic E-state index is 11.6. The van der Waals surface area contributed by atoms with Crippen LogP contribution in [0.3, 0.4) is 0 Å². The standard InChI is InChI=1S/C14H16N4O3/c1-21-11-4-2-9(3-5-11)7-17-8-10-6-12(15)14(19)18(20)13(10)16-17/h2-5,8,12,20H,6-7,15H2,1H3/t12-/m0/s1. The molecule has 0 fully saturated rings. The molecule has 3 rings (SSSR count). The molecule has 0 bridgehead atoms. The fraction of sp³-hybridized carbons (Fsp3) is 0.286. The molecule has 1 aliphatic rings. The number of hydrogen-bond acceptors (Lipinski definition) is 5. The van der Waals surface area contributed by atoms with Gasteiger partial charge in [-0.05, 0) is 17.7 Å². The van der Waals surface area contributed by atoms with E-state index in [1.807, 2.05) is 24.3 Å². The summed E-state index contributed by atoms with van der Waals surface area (Å²) < 4.78 is 6.79. The quantitative estimate of drug-likeness (QED) is 0.804. The molecule has 0 aliphatic carbocycles. The predicted molar refractivity (Wildman–Crippen MR) is 75.3 cm³/mol. The van der Waals surface area contributed by atoms with E-state index in [0.29, 0.717) is 18.0 Å². The van der Waals surface area contributed by atoms with Crippen molar-refractivity contribution in [2.45, 2.75) is 19.0 Å². The Kier molecular flexibility index (Phi) is 3.36. The number of anilines is 1. The zero-order valence-electron chi connectivity index (χ0n) is 11.6. The fourth-order valence-electron chi connectivity index (χ4n) is 2.36. The van der Waals surface area contributed by atoms with Crippen LogP contribution in [0.25, 0.3) is 0 Å².